The number of hydrogen-bond donors (Lipinski definition) is 0. The number of carbonyl (C=O) groups is 1. The number of carbonyl (C=O) groups excluding carboxylic acids is 1. The van der Waals surface area contributed by atoms with E-state index < -0.39 is 10.0 Å². The minimum absolute atomic E-state index is 0.0991. The Balaban J connectivity index is 1.59. The zero-order valence-electron chi connectivity index (χ0n) is 15.9. The maximum Gasteiger partial charge on any atom is 0.243 e. The van der Waals surface area contributed by atoms with Crippen molar-refractivity contribution in [3.05, 3.63) is 77.5 Å². The molecule has 1 aliphatic rings. The smallest absolute Gasteiger partial charge is 0.243 e. The highest BCUT2D eigenvalue weighted by atomic mass is 32.2. The van der Waals surface area contributed by atoms with Crippen molar-refractivity contribution < 1.29 is 13.2 Å². The average molecular weight is 394 g/mol. The Bertz CT molecular complexity index is 1190. The van der Waals surface area contributed by atoms with E-state index in [-0.39, 0.29) is 17.2 Å². The highest BCUT2D eigenvalue weighted by Crippen LogP contribution is 2.24. The van der Waals surface area contributed by atoms with Crippen molar-refractivity contribution >= 4 is 26.7 Å². The van der Waals surface area contributed by atoms with Gasteiger partial charge in [-0.15, -0.1) is 0 Å². The number of sulfonamides is 1. The molecule has 0 bridgehead atoms. The summed E-state index contributed by atoms with van der Waals surface area (Å²) in [5, 5.41) is 0.994. The fraction of sp³-hybridized carbons (Fsp3) is 0.227. The molecule has 0 N–H and O–H groups in total. The first-order valence-corrected chi connectivity index (χ1v) is 10.7. The van der Waals surface area contributed by atoms with Crippen LogP contribution in [0.25, 0.3) is 10.9 Å². The molecule has 0 fully saturated rings. The minimum Gasteiger partial charge on any atom is -0.351 e. The third-order valence-corrected chi connectivity index (χ3v) is 7.07. The number of fused-ring (bicyclic) bond motifs is 1. The van der Waals surface area contributed by atoms with Gasteiger partial charge in [-0.25, -0.2) is 8.42 Å². The van der Waals surface area contributed by atoms with Crippen LogP contribution in [0.2, 0.25) is 0 Å². The highest BCUT2D eigenvalue weighted by Gasteiger charge is 2.29. The molecule has 0 atom stereocenters. The zero-order chi connectivity index (χ0) is 19.9. The molecule has 0 spiro atoms. The molecule has 0 aliphatic carbocycles. The van der Waals surface area contributed by atoms with Gasteiger partial charge in [-0.3, -0.25) is 4.79 Å². The lowest BCUT2D eigenvalue weighted by molar-refractivity contribution is 0.102. The van der Waals surface area contributed by atoms with Gasteiger partial charge >= 0.3 is 0 Å². The van der Waals surface area contributed by atoms with Gasteiger partial charge in [-0.2, -0.15) is 4.31 Å². The van der Waals surface area contributed by atoms with Crippen LogP contribution in [0.5, 0.6) is 0 Å². The molecule has 0 radical (unpaired) electrons. The fourth-order valence-electron chi connectivity index (χ4n) is 3.55. The highest BCUT2D eigenvalue weighted by molar-refractivity contribution is 7.89. The maximum atomic E-state index is 13.0. The summed E-state index contributed by atoms with van der Waals surface area (Å²) in [6.45, 7) is 2.40. The summed E-state index contributed by atoms with van der Waals surface area (Å²) in [6.07, 6.45) is 4.34. The van der Waals surface area contributed by atoms with Crippen LogP contribution in [0.3, 0.4) is 0 Å². The van der Waals surface area contributed by atoms with Crippen LogP contribution in [-0.2, 0) is 17.1 Å². The predicted octanol–water partition coefficient (Wildman–Crippen LogP) is 3.69. The molecule has 2 aromatic carbocycles. The summed E-state index contributed by atoms with van der Waals surface area (Å²) in [6, 6.07) is 14.4. The van der Waals surface area contributed by atoms with Crippen LogP contribution in [0, 0.1) is 6.92 Å². The number of hydrogen-bond acceptors (Lipinski definition) is 3. The molecule has 144 valence electrons. The molecule has 3 aromatic rings. The molecular weight excluding hydrogens is 372 g/mol. The second-order valence-electron chi connectivity index (χ2n) is 7.20. The van der Waals surface area contributed by atoms with E-state index in [0.717, 1.165) is 16.5 Å². The summed E-state index contributed by atoms with van der Waals surface area (Å²) in [5.74, 6) is -0.116. The molecule has 0 amide bonds. The van der Waals surface area contributed by atoms with E-state index in [9.17, 15) is 13.2 Å². The van der Waals surface area contributed by atoms with Crippen LogP contribution in [-0.4, -0.2) is 36.2 Å². The van der Waals surface area contributed by atoms with Gasteiger partial charge in [0, 0.05) is 48.4 Å². The van der Waals surface area contributed by atoms with Crippen molar-refractivity contribution in [1.29, 1.82) is 0 Å². The third kappa shape index (κ3) is 3.30. The Kier molecular flexibility index (Phi) is 4.69. The van der Waals surface area contributed by atoms with Crippen LogP contribution in [0.1, 0.15) is 22.3 Å². The Hall–Kier alpha value is -2.70. The topological polar surface area (TPSA) is 59.4 Å². The standard InChI is InChI=1S/C22H22N2O3S/c1-16-5-8-20(9-6-16)28(26,27)24-12-3-4-19(15-24)22(25)18-7-10-21-17(14-18)11-13-23(21)2/h4-11,13-14H,3,12,15H2,1-2H3. The monoisotopic (exact) mass is 394 g/mol. The normalized spacial score (nSPS) is 15.6. The van der Waals surface area contributed by atoms with Crippen molar-refractivity contribution in [3.8, 4) is 0 Å². The summed E-state index contributed by atoms with van der Waals surface area (Å²) in [7, 11) is -1.66. The minimum atomic E-state index is -3.62. The van der Waals surface area contributed by atoms with E-state index in [0.29, 0.717) is 24.1 Å². The zero-order valence-corrected chi connectivity index (χ0v) is 16.7. The van der Waals surface area contributed by atoms with E-state index >= 15 is 0 Å². The third-order valence-electron chi connectivity index (χ3n) is 5.21. The van der Waals surface area contributed by atoms with Crippen LogP contribution in [0.4, 0.5) is 0 Å². The number of ketones is 1. The predicted molar refractivity (Wildman–Crippen MR) is 110 cm³/mol. The summed E-state index contributed by atoms with van der Waals surface area (Å²) in [4.78, 5) is 13.3. The lowest BCUT2D eigenvalue weighted by Crippen LogP contribution is -2.37. The largest absolute Gasteiger partial charge is 0.351 e. The molecule has 0 saturated carbocycles. The van der Waals surface area contributed by atoms with Gasteiger partial charge < -0.3 is 4.57 Å². The molecule has 6 heteroatoms. The van der Waals surface area contributed by atoms with Crippen LogP contribution < -0.4 is 0 Å². The Morgan fingerprint density at radius 3 is 2.54 bits per heavy atom. The number of nitrogens with zero attached hydrogens (tertiary/aromatic N) is 2. The van der Waals surface area contributed by atoms with E-state index in [2.05, 4.69) is 0 Å². The van der Waals surface area contributed by atoms with Gasteiger partial charge in [0.2, 0.25) is 10.0 Å². The Morgan fingerprint density at radius 1 is 1.04 bits per heavy atom. The quantitative estimate of drug-likeness (QED) is 0.634. The number of rotatable bonds is 4. The van der Waals surface area contributed by atoms with Crippen LogP contribution >= 0.6 is 0 Å². The molecule has 28 heavy (non-hydrogen) atoms. The molecule has 0 saturated heterocycles. The van der Waals surface area contributed by atoms with Gasteiger partial charge in [-0.1, -0.05) is 23.8 Å². The average Bonchev–Trinajstić information content (AvgIpc) is 3.08. The number of benzene rings is 2. The van der Waals surface area contributed by atoms with E-state index in [4.69, 9.17) is 0 Å². The van der Waals surface area contributed by atoms with E-state index in [1.165, 1.54) is 4.31 Å². The summed E-state index contributed by atoms with van der Waals surface area (Å²) in [5.41, 5.74) is 3.17. The Morgan fingerprint density at radius 2 is 1.79 bits per heavy atom. The van der Waals surface area contributed by atoms with Crippen molar-refractivity contribution in [2.45, 2.75) is 18.2 Å². The van der Waals surface area contributed by atoms with Gasteiger partial charge in [0.1, 0.15) is 0 Å². The second-order valence-corrected chi connectivity index (χ2v) is 9.14. The number of aryl methyl sites for hydroxylation is 2. The first-order valence-electron chi connectivity index (χ1n) is 9.22. The van der Waals surface area contributed by atoms with E-state index in [1.807, 2.05) is 49.0 Å². The Labute approximate surface area is 164 Å². The second kappa shape index (κ2) is 7.04. The van der Waals surface area contributed by atoms with Crippen molar-refractivity contribution in [1.82, 2.24) is 8.87 Å². The van der Waals surface area contributed by atoms with Crippen LogP contribution in [0.15, 0.2) is 71.3 Å². The number of Topliss-reactive ketones (excluding diaryl/α,β-unsaturated/α-hetero) is 1. The fourth-order valence-corrected chi connectivity index (χ4v) is 4.99. The molecule has 1 aromatic heterocycles. The summed E-state index contributed by atoms with van der Waals surface area (Å²) < 4.78 is 29.3. The molecule has 0 unspecified atom stereocenters. The lowest BCUT2D eigenvalue weighted by atomic mass is 9.99. The van der Waals surface area contributed by atoms with Crippen molar-refractivity contribution in [3.63, 3.8) is 0 Å². The van der Waals surface area contributed by atoms with Gasteiger partial charge in [-0.05, 0) is 49.7 Å². The first kappa shape index (κ1) is 18.7. The molecule has 5 nitrogen and oxygen atoms in total. The first-order chi connectivity index (χ1) is 13.4. The molecule has 4 rings (SSSR count). The van der Waals surface area contributed by atoms with Gasteiger partial charge in [0.15, 0.2) is 5.78 Å². The SMILES string of the molecule is Cc1ccc(S(=O)(=O)N2CCC=C(C(=O)c3ccc4c(ccn4C)c3)C2)cc1. The van der Waals surface area contributed by atoms with E-state index in [1.54, 1.807) is 30.3 Å². The maximum absolute atomic E-state index is 13.0. The van der Waals surface area contributed by atoms with Gasteiger partial charge in [0.25, 0.3) is 0 Å². The van der Waals surface area contributed by atoms with Gasteiger partial charge in [0.05, 0.1) is 4.90 Å². The summed E-state index contributed by atoms with van der Waals surface area (Å²) >= 11 is 0. The molecule has 1 aliphatic heterocycles. The van der Waals surface area contributed by atoms with Crippen molar-refractivity contribution in [2.24, 2.45) is 7.05 Å². The molecular formula is C22H22N2O3S. The molecule has 2 heterocycles. The van der Waals surface area contributed by atoms with Crippen molar-refractivity contribution in [2.75, 3.05) is 13.1 Å². The lowest BCUT2D eigenvalue weighted by Gasteiger charge is -2.26. The number of aromatic nitrogens is 1.